The third kappa shape index (κ3) is 22.9. The van der Waals surface area contributed by atoms with Gasteiger partial charge < -0.3 is 65.4 Å². The van der Waals surface area contributed by atoms with Gasteiger partial charge in [0.05, 0.1) is 12.6 Å². The van der Waals surface area contributed by atoms with E-state index in [1.807, 2.05) is 55.4 Å². The summed E-state index contributed by atoms with van der Waals surface area (Å²) in [5.74, 6) is -9.85. The first-order valence-corrected chi connectivity index (χ1v) is 32.6. The average molecular weight is 1270 g/mol. The van der Waals surface area contributed by atoms with Gasteiger partial charge in [-0.15, -0.1) is 0 Å². The van der Waals surface area contributed by atoms with Crippen molar-refractivity contribution < 1.29 is 63.0 Å². The molecule has 0 aromatic heterocycles. The standard InChI is InChI=1S/C66H119N11O13/c1-25-27-30-44(15)56(80)55-59(83)69-47(26-2)61(85)70(18)37-52(79)71(19)51(36-41(9)10)64(88)77(31-28-29-32-78)54(43(13)14)66(90)72(20)48(33-38(3)4)58(82)67-45(16)57(81)68-46(17)60(84)73(21)49(34-39(5)6)62(86)74(22)50(35-40(7)8)63(87)75(23)53(42(11)12)65(89)76(55)24/h25,27,38-51,53-56,78,80H,26,28-37H2,1-24H3,(H,67,82)(H,68,81)(H,69,83)/b27-25+/t44-,45+,46-,47+,48+,49+,50+,51+,53+,54+,55+,56-/m1/s1. The lowest BCUT2D eigenvalue weighted by atomic mass is 9.91. The van der Waals surface area contributed by atoms with Gasteiger partial charge in [0.25, 0.3) is 0 Å². The molecule has 0 aromatic carbocycles. The third-order valence-electron chi connectivity index (χ3n) is 17.1. The lowest BCUT2D eigenvalue weighted by Gasteiger charge is -2.41. The Morgan fingerprint density at radius 1 is 0.478 bits per heavy atom. The summed E-state index contributed by atoms with van der Waals surface area (Å²) in [5, 5.41) is 30.3. The first kappa shape index (κ1) is 81.8. The maximum atomic E-state index is 15.4. The molecule has 24 nitrogen and oxygen atoms in total. The monoisotopic (exact) mass is 1270 g/mol. The lowest BCUT2D eigenvalue weighted by Crippen LogP contribution is -2.63. The predicted molar refractivity (Wildman–Crippen MR) is 348 cm³/mol. The maximum absolute atomic E-state index is 15.4. The summed E-state index contributed by atoms with van der Waals surface area (Å²) in [6.07, 6.45) is 3.48. The van der Waals surface area contributed by atoms with Crippen molar-refractivity contribution in [2.24, 2.45) is 41.4 Å². The number of nitrogens with zero attached hydrogens (tertiary/aromatic N) is 8. The number of nitrogens with one attached hydrogen (secondary N) is 3. The van der Waals surface area contributed by atoms with Crippen molar-refractivity contribution in [1.29, 1.82) is 0 Å². The zero-order valence-electron chi connectivity index (χ0n) is 59.3. The van der Waals surface area contributed by atoms with Crippen LogP contribution in [0.4, 0.5) is 0 Å². The van der Waals surface area contributed by atoms with Gasteiger partial charge in [0, 0.05) is 62.5 Å². The normalized spacial score (nSPS) is 26.2. The minimum Gasteiger partial charge on any atom is -0.396 e. The Kier molecular flexibility index (Phi) is 34.5. The van der Waals surface area contributed by atoms with Crippen LogP contribution in [0.2, 0.25) is 0 Å². The van der Waals surface area contributed by atoms with Gasteiger partial charge in [-0.2, -0.15) is 0 Å². The fraction of sp³-hybridized carbons (Fsp3) is 0.803. The number of likely N-dealkylation sites (N-methyl/N-ethyl adjacent to an activating group) is 7. The Morgan fingerprint density at radius 3 is 1.36 bits per heavy atom. The molecule has 24 heteroatoms. The quantitative estimate of drug-likeness (QED) is 0.0911. The van der Waals surface area contributed by atoms with Crippen LogP contribution in [0.15, 0.2) is 12.2 Å². The van der Waals surface area contributed by atoms with E-state index in [1.165, 1.54) is 92.6 Å². The fourth-order valence-corrected chi connectivity index (χ4v) is 11.6. The minimum atomic E-state index is -1.63. The largest absolute Gasteiger partial charge is 0.396 e. The van der Waals surface area contributed by atoms with Crippen molar-refractivity contribution in [3.8, 4) is 0 Å². The molecule has 90 heavy (non-hydrogen) atoms. The minimum absolute atomic E-state index is 0.00787. The van der Waals surface area contributed by atoms with E-state index in [-0.39, 0.29) is 81.8 Å². The van der Waals surface area contributed by atoms with Crippen molar-refractivity contribution in [3.63, 3.8) is 0 Å². The van der Waals surface area contributed by atoms with Gasteiger partial charge in [0.15, 0.2) is 0 Å². The van der Waals surface area contributed by atoms with Crippen LogP contribution in [0.3, 0.4) is 0 Å². The molecule has 1 rings (SSSR count). The van der Waals surface area contributed by atoms with E-state index in [2.05, 4.69) is 16.0 Å². The van der Waals surface area contributed by atoms with E-state index >= 15 is 24.0 Å². The number of hydrogen-bond donors (Lipinski definition) is 5. The molecule has 0 aliphatic carbocycles. The van der Waals surface area contributed by atoms with Crippen LogP contribution in [0.1, 0.15) is 169 Å². The number of carbonyl (C=O) groups excluding carboxylic acids is 11. The number of carbonyl (C=O) groups is 11. The Bertz CT molecular complexity index is 2430. The lowest BCUT2D eigenvalue weighted by molar-refractivity contribution is -0.157. The number of unbranched alkanes of at least 4 members (excludes halogenated alkanes) is 1. The molecule has 1 aliphatic heterocycles. The van der Waals surface area contributed by atoms with Gasteiger partial charge in [-0.05, 0) is 114 Å². The van der Waals surface area contributed by atoms with Crippen LogP contribution in [0.5, 0.6) is 0 Å². The fourth-order valence-electron chi connectivity index (χ4n) is 11.6. The Balaban J connectivity index is 4.48. The Hall–Kier alpha value is -6.17. The van der Waals surface area contributed by atoms with Crippen molar-refractivity contribution >= 4 is 65.0 Å². The molecule has 1 saturated heterocycles. The zero-order valence-corrected chi connectivity index (χ0v) is 59.3. The van der Waals surface area contributed by atoms with Gasteiger partial charge in [0.2, 0.25) is 65.0 Å². The molecular formula is C66H119N11O13. The molecule has 0 radical (unpaired) electrons. The maximum Gasteiger partial charge on any atom is 0.246 e. The van der Waals surface area contributed by atoms with Crippen LogP contribution in [-0.2, 0) is 52.7 Å². The van der Waals surface area contributed by atoms with Crippen molar-refractivity contribution in [2.45, 2.75) is 236 Å². The first-order valence-electron chi connectivity index (χ1n) is 32.6. The molecule has 5 N–H and O–H groups in total. The average Bonchev–Trinajstić information content (AvgIpc) is 1.50. The van der Waals surface area contributed by atoms with Gasteiger partial charge in [-0.3, -0.25) is 52.7 Å². The molecule has 0 aromatic rings. The highest BCUT2D eigenvalue weighted by atomic mass is 16.3. The SMILES string of the molecule is C/C=C/C[C@@H](C)[C@@H](O)[C@H]1C(=O)N[C@@H](CC)C(=O)N(C)CC(=O)N(C)[C@@H](CC(C)C)C(=O)N(CCCCO)[C@@H](C(C)C)C(=O)N(C)[C@@H](CC(C)C)C(=O)N[C@@H](C)C(=O)N[C@H](C)C(=O)N(C)[C@@H](CC(C)C)C(=O)N(C)[C@@H](CC(C)C)C(=O)N(C)[C@@H](C(C)C)C(=O)N1C. The predicted octanol–water partition coefficient (Wildman–Crippen LogP) is 3.75. The van der Waals surface area contributed by atoms with Gasteiger partial charge in [-0.25, -0.2) is 0 Å². The van der Waals surface area contributed by atoms with Crippen molar-refractivity contribution in [2.75, 3.05) is 69.0 Å². The number of rotatable bonds is 19. The summed E-state index contributed by atoms with van der Waals surface area (Å²) in [6, 6.07) is -12.5. The van der Waals surface area contributed by atoms with Crippen LogP contribution in [-0.4, -0.2) is 250 Å². The smallest absolute Gasteiger partial charge is 0.246 e. The third-order valence-corrected chi connectivity index (χ3v) is 17.1. The summed E-state index contributed by atoms with van der Waals surface area (Å²) in [7, 11) is 9.95. The highest BCUT2D eigenvalue weighted by Crippen LogP contribution is 2.27. The van der Waals surface area contributed by atoms with Gasteiger partial charge in [-0.1, -0.05) is 109 Å². The first-order chi connectivity index (χ1) is 41.7. The van der Waals surface area contributed by atoms with Crippen LogP contribution >= 0.6 is 0 Å². The molecule has 1 heterocycles. The van der Waals surface area contributed by atoms with E-state index in [1.54, 1.807) is 60.6 Å². The number of amides is 11. The van der Waals surface area contributed by atoms with E-state index in [9.17, 15) is 39.0 Å². The van der Waals surface area contributed by atoms with E-state index < -0.39 is 156 Å². The summed E-state index contributed by atoms with van der Waals surface area (Å²) >= 11 is 0. The molecule has 0 saturated carbocycles. The molecule has 11 amide bonds. The molecular weight excluding hydrogens is 1150 g/mol. The number of aliphatic hydroxyl groups is 2. The summed E-state index contributed by atoms with van der Waals surface area (Å²) in [5.41, 5.74) is 0. The molecule has 0 unspecified atom stereocenters. The van der Waals surface area contributed by atoms with Crippen LogP contribution in [0.25, 0.3) is 0 Å². The van der Waals surface area contributed by atoms with Crippen LogP contribution < -0.4 is 16.0 Å². The van der Waals surface area contributed by atoms with Gasteiger partial charge in [0.1, 0.15) is 60.4 Å². The molecule has 0 bridgehead atoms. The molecule has 1 aliphatic rings. The van der Waals surface area contributed by atoms with E-state index in [0.717, 1.165) is 9.80 Å². The Labute approximate surface area is 539 Å². The molecule has 0 spiro atoms. The summed E-state index contributed by atoms with van der Waals surface area (Å²) in [6.45, 7) is 29.2. The Morgan fingerprint density at radius 2 is 0.900 bits per heavy atom. The number of aliphatic hydroxyl groups excluding tert-OH is 2. The molecule has 12 atom stereocenters. The second kappa shape index (κ2) is 38.0. The topological polar surface area (TPSA) is 290 Å². The molecule has 1 fully saturated rings. The number of hydrogen-bond acceptors (Lipinski definition) is 13. The van der Waals surface area contributed by atoms with Crippen LogP contribution in [0, 0.1) is 41.4 Å². The summed E-state index contributed by atoms with van der Waals surface area (Å²) in [4.78, 5) is 173. The van der Waals surface area contributed by atoms with E-state index in [4.69, 9.17) is 0 Å². The summed E-state index contributed by atoms with van der Waals surface area (Å²) < 4.78 is 0. The number of allylic oxidation sites excluding steroid dienone is 2. The van der Waals surface area contributed by atoms with Gasteiger partial charge >= 0.3 is 0 Å². The zero-order chi connectivity index (χ0) is 69.7. The molecule has 516 valence electrons. The second-order valence-corrected chi connectivity index (χ2v) is 27.5. The highest BCUT2D eigenvalue weighted by Gasteiger charge is 2.46. The van der Waals surface area contributed by atoms with Crippen molar-refractivity contribution in [1.82, 2.24) is 55.1 Å². The second-order valence-electron chi connectivity index (χ2n) is 27.5. The highest BCUT2D eigenvalue weighted by molar-refractivity contribution is 5.99. The van der Waals surface area contributed by atoms with E-state index in [0.29, 0.717) is 6.42 Å². The van der Waals surface area contributed by atoms with Crippen molar-refractivity contribution in [3.05, 3.63) is 12.2 Å².